The number of carbonyl (C=O) groups excluding carboxylic acids is 1. The number of urea groups is 1. The lowest BCUT2D eigenvalue weighted by Crippen LogP contribution is -2.40. The number of halogens is 1. The van der Waals surface area contributed by atoms with Crippen molar-refractivity contribution in [3.63, 3.8) is 0 Å². The standard InChI is InChI=1S/C17H26FN3O2/c1-13(22)14-8-11-21(12-14)17(23)19-9-3-10-20(2)16-6-4-15(18)5-7-16/h4-7,13-14,22H,3,8-12H2,1-2H3,(H,19,23)/t13-,14-/m1/s1. The van der Waals surface area contributed by atoms with Crippen LogP contribution in [0.1, 0.15) is 19.8 Å². The van der Waals surface area contributed by atoms with Crippen molar-refractivity contribution in [2.24, 2.45) is 5.92 Å². The Morgan fingerprint density at radius 3 is 2.78 bits per heavy atom. The van der Waals surface area contributed by atoms with E-state index in [1.807, 2.05) is 11.9 Å². The Hall–Kier alpha value is -1.82. The van der Waals surface area contributed by atoms with Gasteiger partial charge in [0.2, 0.25) is 0 Å². The first-order chi connectivity index (χ1) is 11.0. The Bertz CT molecular complexity index is 507. The number of nitrogens with one attached hydrogen (secondary N) is 1. The predicted molar refractivity (Wildman–Crippen MR) is 89.0 cm³/mol. The van der Waals surface area contributed by atoms with Gasteiger partial charge in [0.1, 0.15) is 5.82 Å². The number of rotatable bonds is 6. The first-order valence-corrected chi connectivity index (χ1v) is 8.15. The van der Waals surface area contributed by atoms with Crippen molar-refractivity contribution in [3.8, 4) is 0 Å². The first kappa shape index (κ1) is 17.5. The molecule has 0 aliphatic carbocycles. The van der Waals surface area contributed by atoms with E-state index in [2.05, 4.69) is 5.32 Å². The number of aliphatic hydroxyl groups excluding tert-OH is 1. The maximum absolute atomic E-state index is 12.9. The third kappa shape index (κ3) is 5.10. The highest BCUT2D eigenvalue weighted by molar-refractivity contribution is 5.74. The van der Waals surface area contributed by atoms with Crippen molar-refractivity contribution in [2.45, 2.75) is 25.9 Å². The van der Waals surface area contributed by atoms with Crippen LogP contribution in [0.4, 0.5) is 14.9 Å². The van der Waals surface area contributed by atoms with Crippen LogP contribution in [-0.4, -0.2) is 55.4 Å². The highest BCUT2D eigenvalue weighted by Gasteiger charge is 2.28. The van der Waals surface area contributed by atoms with Gasteiger partial charge in [0, 0.05) is 44.8 Å². The molecule has 2 rings (SSSR count). The minimum atomic E-state index is -0.364. The van der Waals surface area contributed by atoms with E-state index < -0.39 is 0 Å². The van der Waals surface area contributed by atoms with Gasteiger partial charge in [-0.3, -0.25) is 0 Å². The molecule has 2 amide bonds. The van der Waals surface area contributed by atoms with Gasteiger partial charge in [-0.05, 0) is 44.0 Å². The summed E-state index contributed by atoms with van der Waals surface area (Å²) in [6.45, 7) is 4.48. The molecule has 0 bridgehead atoms. The summed E-state index contributed by atoms with van der Waals surface area (Å²) >= 11 is 0. The SMILES string of the molecule is C[C@@H](O)[C@@H]1CCN(C(=O)NCCCN(C)c2ccc(F)cc2)C1. The van der Waals surface area contributed by atoms with Gasteiger partial charge in [-0.15, -0.1) is 0 Å². The molecule has 23 heavy (non-hydrogen) atoms. The molecule has 1 aromatic carbocycles. The van der Waals surface area contributed by atoms with Gasteiger partial charge in [-0.2, -0.15) is 0 Å². The van der Waals surface area contributed by atoms with Crippen molar-refractivity contribution in [1.29, 1.82) is 0 Å². The van der Waals surface area contributed by atoms with Crippen molar-refractivity contribution < 1.29 is 14.3 Å². The number of hydrogen-bond acceptors (Lipinski definition) is 3. The minimum Gasteiger partial charge on any atom is -0.393 e. The van der Waals surface area contributed by atoms with Gasteiger partial charge in [-0.25, -0.2) is 9.18 Å². The fourth-order valence-corrected chi connectivity index (χ4v) is 2.81. The third-order valence-corrected chi connectivity index (χ3v) is 4.41. The highest BCUT2D eigenvalue weighted by Crippen LogP contribution is 2.19. The van der Waals surface area contributed by atoms with Gasteiger partial charge in [0.05, 0.1) is 6.10 Å². The molecule has 0 saturated carbocycles. The van der Waals surface area contributed by atoms with Crippen LogP contribution >= 0.6 is 0 Å². The average molecular weight is 323 g/mol. The second-order valence-electron chi connectivity index (χ2n) is 6.22. The summed E-state index contributed by atoms with van der Waals surface area (Å²) in [6.07, 6.45) is 1.31. The molecule has 1 aliphatic heterocycles. The number of amides is 2. The van der Waals surface area contributed by atoms with Crippen LogP contribution in [0.25, 0.3) is 0 Å². The molecule has 2 N–H and O–H groups in total. The highest BCUT2D eigenvalue weighted by atomic mass is 19.1. The lowest BCUT2D eigenvalue weighted by molar-refractivity contribution is 0.129. The molecule has 0 radical (unpaired) electrons. The molecule has 1 aliphatic rings. The molecule has 128 valence electrons. The van der Waals surface area contributed by atoms with Crippen molar-refractivity contribution in [1.82, 2.24) is 10.2 Å². The fourth-order valence-electron chi connectivity index (χ4n) is 2.81. The Kier molecular flexibility index (Phi) is 6.21. The Morgan fingerprint density at radius 2 is 2.17 bits per heavy atom. The molecule has 1 aromatic rings. The van der Waals surface area contributed by atoms with Crippen LogP contribution in [0.3, 0.4) is 0 Å². The zero-order valence-electron chi connectivity index (χ0n) is 13.8. The van der Waals surface area contributed by atoms with Crippen LogP contribution in [0, 0.1) is 11.7 Å². The van der Waals surface area contributed by atoms with Crippen LogP contribution in [0.2, 0.25) is 0 Å². The van der Waals surface area contributed by atoms with Crippen LogP contribution in [0.15, 0.2) is 24.3 Å². The van der Waals surface area contributed by atoms with Crippen LogP contribution in [0.5, 0.6) is 0 Å². The van der Waals surface area contributed by atoms with E-state index in [1.54, 1.807) is 24.0 Å². The van der Waals surface area contributed by atoms with Crippen molar-refractivity contribution in [3.05, 3.63) is 30.1 Å². The number of carbonyl (C=O) groups is 1. The molecule has 0 aromatic heterocycles. The molecular weight excluding hydrogens is 297 g/mol. The zero-order valence-corrected chi connectivity index (χ0v) is 13.8. The monoisotopic (exact) mass is 323 g/mol. The summed E-state index contributed by atoms with van der Waals surface area (Å²) in [7, 11) is 1.95. The van der Waals surface area contributed by atoms with Crippen LogP contribution < -0.4 is 10.2 Å². The van der Waals surface area contributed by atoms with E-state index in [1.165, 1.54) is 12.1 Å². The van der Waals surface area contributed by atoms with Crippen molar-refractivity contribution >= 4 is 11.7 Å². The fraction of sp³-hybridized carbons (Fsp3) is 0.588. The van der Waals surface area contributed by atoms with Crippen molar-refractivity contribution in [2.75, 3.05) is 38.1 Å². The van der Waals surface area contributed by atoms with Gasteiger partial charge < -0.3 is 20.2 Å². The number of aliphatic hydroxyl groups is 1. The maximum atomic E-state index is 12.9. The third-order valence-electron chi connectivity index (χ3n) is 4.41. The summed E-state index contributed by atoms with van der Waals surface area (Å²) in [5.74, 6) is -0.0547. The van der Waals surface area contributed by atoms with E-state index in [0.717, 1.165) is 25.1 Å². The summed E-state index contributed by atoms with van der Waals surface area (Å²) in [5, 5.41) is 12.5. The predicted octanol–water partition coefficient (Wildman–Crippen LogP) is 2.06. The maximum Gasteiger partial charge on any atom is 0.317 e. The number of anilines is 1. The molecule has 1 fully saturated rings. The Labute approximate surface area is 137 Å². The van der Waals surface area contributed by atoms with Gasteiger partial charge >= 0.3 is 6.03 Å². The number of hydrogen-bond donors (Lipinski definition) is 2. The van der Waals surface area contributed by atoms with Gasteiger partial charge in [0.25, 0.3) is 0 Å². The molecule has 0 unspecified atom stereocenters. The largest absolute Gasteiger partial charge is 0.393 e. The zero-order chi connectivity index (χ0) is 16.8. The molecular formula is C17H26FN3O2. The molecule has 1 saturated heterocycles. The topological polar surface area (TPSA) is 55.8 Å². The number of nitrogens with zero attached hydrogens (tertiary/aromatic N) is 2. The Morgan fingerprint density at radius 1 is 1.48 bits per heavy atom. The summed E-state index contributed by atoms with van der Waals surface area (Å²) in [5.41, 5.74) is 0.956. The van der Waals surface area contributed by atoms with E-state index >= 15 is 0 Å². The van der Waals surface area contributed by atoms with Gasteiger partial charge in [0.15, 0.2) is 0 Å². The second kappa shape index (κ2) is 8.15. The minimum absolute atomic E-state index is 0.0578. The summed E-state index contributed by atoms with van der Waals surface area (Å²) in [4.78, 5) is 15.8. The molecule has 2 atom stereocenters. The first-order valence-electron chi connectivity index (χ1n) is 8.15. The van der Waals surface area contributed by atoms with Gasteiger partial charge in [-0.1, -0.05) is 0 Å². The normalized spacial score (nSPS) is 18.8. The smallest absolute Gasteiger partial charge is 0.317 e. The molecule has 0 spiro atoms. The summed E-state index contributed by atoms with van der Waals surface area (Å²) in [6, 6.07) is 6.32. The summed E-state index contributed by atoms with van der Waals surface area (Å²) < 4.78 is 12.9. The lowest BCUT2D eigenvalue weighted by Gasteiger charge is -2.21. The van der Waals surface area contributed by atoms with Crippen LogP contribution in [-0.2, 0) is 0 Å². The number of likely N-dealkylation sites (tertiary alicyclic amines) is 1. The quantitative estimate of drug-likeness (QED) is 0.788. The van der Waals surface area contributed by atoms with E-state index in [-0.39, 0.29) is 23.9 Å². The molecule has 6 heteroatoms. The molecule has 1 heterocycles. The van der Waals surface area contributed by atoms with E-state index in [4.69, 9.17) is 0 Å². The molecule has 5 nitrogen and oxygen atoms in total. The Balaban J connectivity index is 1.65. The van der Waals surface area contributed by atoms with E-state index in [9.17, 15) is 14.3 Å². The van der Waals surface area contributed by atoms with E-state index in [0.29, 0.717) is 19.6 Å². The lowest BCUT2D eigenvalue weighted by atomic mass is 10.0. The second-order valence-corrected chi connectivity index (χ2v) is 6.22. The average Bonchev–Trinajstić information content (AvgIpc) is 3.02. The number of benzene rings is 1.